The van der Waals surface area contributed by atoms with Crippen molar-refractivity contribution >= 4 is 11.6 Å². The number of fused-ring (bicyclic) bond motifs is 1. The molecule has 0 saturated heterocycles. The van der Waals surface area contributed by atoms with Crippen LogP contribution in [0, 0.1) is 0 Å². The molecule has 1 aliphatic carbocycles. The molecule has 0 unspecified atom stereocenters. The van der Waals surface area contributed by atoms with Crippen molar-refractivity contribution in [2.24, 2.45) is 0 Å². The lowest BCUT2D eigenvalue weighted by Crippen LogP contribution is -2.18. The largest absolute Gasteiger partial charge is 0.486 e. The quantitative estimate of drug-likeness (QED) is 0.879. The van der Waals surface area contributed by atoms with E-state index in [-0.39, 0.29) is 0 Å². The summed E-state index contributed by atoms with van der Waals surface area (Å²) < 4.78 is 11.0. The van der Waals surface area contributed by atoms with Crippen LogP contribution in [0.5, 0.6) is 11.5 Å². The maximum atomic E-state index is 6.15. The van der Waals surface area contributed by atoms with Gasteiger partial charge in [0.2, 0.25) is 0 Å². The van der Waals surface area contributed by atoms with Crippen LogP contribution in [0.2, 0.25) is 5.02 Å². The van der Waals surface area contributed by atoms with Crippen LogP contribution in [0.3, 0.4) is 0 Å². The van der Waals surface area contributed by atoms with Crippen LogP contribution in [-0.4, -0.2) is 19.3 Å². The summed E-state index contributed by atoms with van der Waals surface area (Å²) in [6, 6.07) is 4.66. The van der Waals surface area contributed by atoms with E-state index in [9.17, 15) is 0 Å². The van der Waals surface area contributed by atoms with Crippen molar-refractivity contribution < 1.29 is 9.47 Å². The average Bonchev–Trinajstić information content (AvgIpc) is 3.10. The second-order valence-corrected chi connectivity index (χ2v) is 4.66. The van der Waals surface area contributed by atoms with Crippen LogP contribution in [0.4, 0.5) is 0 Å². The molecule has 3 rings (SSSR count). The van der Waals surface area contributed by atoms with E-state index in [2.05, 4.69) is 5.32 Å². The molecule has 1 saturated carbocycles. The first kappa shape index (κ1) is 10.2. The molecule has 3 nitrogen and oxygen atoms in total. The molecule has 1 fully saturated rings. The number of hydrogen-bond donors (Lipinski definition) is 1. The maximum absolute atomic E-state index is 6.15. The lowest BCUT2D eigenvalue weighted by molar-refractivity contribution is 0.171. The van der Waals surface area contributed by atoms with Crippen molar-refractivity contribution in [3.05, 3.63) is 22.7 Å². The van der Waals surface area contributed by atoms with Crippen molar-refractivity contribution in [2.75, 3.05) is 13.2 Å². The van der Waals surface area contributed by atoms with Crippen molar-refractivity contribution in [3.8, 4) is 11.5 Å². The van der Waals surface area contributed by atoms with Gasteiger partial charge in [0.15, 0.2) is 11.5 Å². The number of halogens is 1. The molecule has 16 heavy (non-hydrogen) atoms. The van der Waals surface area contributed by atoms with Crippen LogP contribution >= 0.6 is 11.6 Å². The zero-order valence-electron chi connectivity index (χ0n) is 8.96. The van der Waals surface area contributed by atoms with E-state index >= 15 is 0 Å². The van der Waals surface area contributed by atoms with E-state index in [1.165, 1.54) is 12.8 Å². The molecule has 0 amide bonds. The smallest absolute Gasteiger partial charge is 0.179 e. The highest BCUT2D eigenvalue weighted by molar-refractivity contribution is 6.32. The fourth-order valence-electron chi connectivity index (χ4n) is 1.82. The standard InChI is InChI=1S/C12H14ClNO2/c13-10-5-8(7-14-9-1-2-9)6-11-12(10)16-4-3-15-11/h5-6,9,14H,1-4,7H2. The number of ether oxygens (including phenoxy) is 2. The molecular weight excluding hydrogens is 226 g/mol. The van der Waals surface area contributed by atoms with Gasteiger partial charge < -0.3 is 14.8 Å². The summed E-state index contributed by atoms with van der Waals surface area (Å²) in [6.07, 6.45) is 2.58. The zero-order chi connectivity index (χ0) is 11.0. The molecule has 1 N–H and O–H groups in total. The first-order valence-corrected chi connectivity index (χ1v) is 6.02. The Labute approximate surface area is 99.7 Å². The third-order valence-electron chi connectivity index (χ3n) is 2.83. The zero-order valence-corrected chi connectivity index (χ0v) is 9.72. The highest BCUT2D eigenvalue weighted by Gasteiger charge is 2.21. The molecule has 1 heterocycles. The summed E-state index contributed by atoms with van der Waals surface area (Å²) >= 11 is 6.15. The predicted octanol–water partition coefficient (Wildman–Crippen LogP) is 2.36. The van der Waals surface area contributed by atoms with Crippen LogP contribution in [0.1, 0.15) is 18.4 Å². The van der Waals surface area contributed by atoms with Gasteiger partial charge in [0.1, 0.15) is 13.2 Å². The molecule has 4 heteroatoms. The molecule has 1 aromatic rings. The molecule has 2 aliphatic rings. The molecule has 0 radical (unpaired) electrons. The van der Waals surface area contributed by atoms with Gasteiger partial charge in [0, 0.05) is 12.6 Å². The minimum absolute atomic E-state index is 0.576. The number of benzene rings is 1. The summed E-state index contributed by atoms with van der Waals surface area (Å²) in [5.74, 6) is 1.45. The highest BCUT2D eigenvalue weighted by atomic mass is 35.5. The molecule has 0 bridgehead atoms. The van der Waals surface area contributed by atoms with Crippen LogP contribution in [-0.2, 0) is 6.54 Å². The molecule has 1 aliphatic heterocycles. The summed E-state index contributed by atoms with van der Waals surface area (Å²) in [4.78, 5) is 0. The summed E-state index contributed by atoms with van der Waals surface area (Å²) in [7, 11) is 0. The Morgan fingerprint density at radius 2 is 2.06 bits per heavy atom. The Morgan fingerprint density at radius 3 is 2.88 bits per heavy atom. The molecule has 0 spiro atoms. The first-order valence-electron chi connectivity index (χ1n) is 5.64. The number of rotatable bonds is 3. The molecule has 0 atom stereocenters. The van der Waals surface area contributed by atoms with E-state index in [1.54, 1.807) is 0 Å². The normalized spacial score (nSPS) is 18.6. The van der Waals surface area contributed by atoms with Gasteiger partial charge >= 0.3 is 0 Å². The third kappa shape index (κ3) is 2.11. The molecule has 1 aromatic carbocycles. The molecule has 86 valence electrons. The Kier molecular flexibility index (Phi) is 2.65. The van der Waals surface area contributed by atoms with Crippen LogP contribution in [0.15, 0.2) is 12.1 Å². The topological polar surface area (TPSA) is 30.5 Å². The minimum atomic E-state index is 0.576. The summed E-state index contributed by atoms with van der Waals surface area (Å²) in [5, 5.41) is 4.10. The van der Waals surface area contributed by atoms with Crippen LogP contribution in [0.25, 0.3) is 0 Å². The molecule has 0 aromatic heterocycles. The predicted molar refractivity (Wildman–Crippen MR) is 62.3 cm³/mol. The minimum Gasteiger partial charge on any atom is -0.486 e. The van der Waals surface area contributed by atoms with E-state index < -0.39 is 0 Å². The van der Waals surface area contributed by atoms with Gasteiger partial charge in [-0.1, -0.05) is 11.6 Å². The Balaban J connectivity index is 1.80. The monoisotopic (exact) mass is 239 g/mol. The Morgan fingerprint density at radius 1 is 1.25 bits per heavy atom. The highest BCUT2D eigenvalue weighted by Crippen LogP contribution is 2.38. The number of hydrogen-bond acceptors (Lipinski definition) is 3. The van der Waals surface area contributed by atoms with E-state index in [1.807, 2.05) is 12.1 Å². The third-order valence-corrected chi connectivity index (χ3v) is 3.11. The fraction of sp³-hybridized carbons (Fsp3) is 0.500. The van der Waals surface area contributed by atoms with E-state index in [0.29, 0.717) is 30.0 Å². The van der Waals surface area contributed by atoms with Crippen molar-refractivity contribution in [1.29, 1.82) is 0 Å². The van der Waals surface area contributed by atoms with Gasteiger partial charge in [-0.25, -0.2) is 0 Å². The van der Waals surface area contributed by atoms with Gasteiger partial charge in [0.05, 0.1) is 5.02 Å². The van der Waals surface area contributed by atoms with Crippen molar-refractivity contribution in [2.45, 2.75) is 25.4 Å². The maximum Gasteiger partial charge on any atom is 0.179 e. The Bertz CT molecular complexity index is 404. The first-order chi connectivity index (χ1) is 7.83. The van der Waals surface area contributed by atoms with Crippen molar-refractivity contribution in [3.63, 3.8) is 0 Å². The van der Waals surface area contributed by atoms with E-state index in [0.717, 1.165) is 17.9 Å². The summed E-state index contributed by atoms with van der Waals surface area (Å²) in [5.41, 5.74) is 1.15. The second kappa shape index (κ2) is 4.15. The average molecular weight is 240 g/mol. The van der Waals surface area contributed by atoms with Crippen molar-refractivity contribution in [1.82, 2.24) is 5.32 Å². The SMILES string of the molecule is Clc1cc(CNC2CC2)cc2c1OCCO2. The molecular formula is C12H14ClNO2. The lowest BCUT2D eigenvalue weighted by Gasteiger charge is -2.20. The fourth-order valence-corrected chi connectivity index (χ4v) is 2.10. The lowest BCUT2D eigenvalue weighted by atomic mass is 10.2. The van der Waals surface area contributed by atoms with Gasteiger partial charge in [-0.3, -0.25) is 0 Å². The second-order valence-electron chi connectivity index (χ2n) is 4.26. The van der Waals surface area contributed by atoms with Gasteiger partial charge in [-0.05, 0) is 30.5 Å². The number of nitrogens with one attached hydrogen (secondary N) is 1. The van der Waals surface area contributed by atoms with Gasteiger partial charge in [0.25, 0.3) is 0 Å². The van der Waals surface area contributed by atoms with Gasteiger partial charge in [-0.15, -0.1) is 0 Å². The Hall–Kier alpha value is -0.930. The van der Waals surface area contributed by atoms with Crippen LogP contribution < -0.4 is 14.8 Å². The summed E-state index contributed by atoms with van der Waals surface area (Å²) in [6.45, 7) is 2.02. The van der Waals surface area contributed by atoms with Gasteiger partial charge in [-0.2, -0.15) is 0 Å². The van der Waals surface area contributed by atoms with E-state index in [4.69, 9.17) is 21.1 Å².